The van der Waals surface area contributed by atoms with E-state index >= 15 is 0 Å². The Bertz CT molecular complexity index is 679. The first-order valence-corrected chi connectivity index (χ1v) is 5.95. The molecule has 2 rings (SSSR count). The number of fused-ring (bicyclic) bond motifs is 1. The van der Waals surface area contributed by atoms with Crippen LogP contribution in [0.1, 0.15) is 20.3 Å². The second kappa shape index (κ2) is 4.97. The molecule has 0 aliphatic heterocycles. The number of hydrogen-bond donors (Lipinski definition) is 0. The molecule has 0 amide bonds. The van der Waals surface area contributed by atoms with Crippen LogP contribution in [0.4, 0.5) is 0 Å². The molecule has 0 spiro atoms. The fraction of sp³-hybridized carbons (Fsp3) is 0.333. The van der Waals surface area contributed by atoms with Gasteiger partial charge >= 0.3 is 5.97 Å². The van der Waals surface area contributed by atoms with E-state index in [1.807, 2.05) is 0 Å². The number of aryl methyl sites for hydroxylation is 1. The summed E-state index contributed by atoms with van der Waals surface area (Å²) in [5.74, 6) is -0.181. The SMILES string of the molecule is [2H]C([2H])(C)Oc1cc(Br)cc2c1nc(C(=O)OC)n2C. The highest BCUT2D eigenvalue weighted by Gasteiger charge is 2.18. The van der Waals surface area contributed by atoms with Crippen LogP contribution in [0.25, 0.3) is 11.0 Å². The average Bonchev–Trinajstić information content (AvgIpc) is 2.65. The lowest BCUT2D eigenvalue weighted by Gasteiger charge is -2.05. The summed E-state index contributed by atoms with van der Waals surface area (Å²) in [6, 6.07) is 3.38. The molecule has 0 aliphatic rings. The monoisotopic (exact) mass is 314 g/mol. The van der Waals surface area contributed by atoms with E-state index in [2.05, 4.69) is 25.7 Å². The molecule has 18 heavy (non-hydrogen) atoms. The van der Waals surface area contributed by atoms with Crippen LogP contribution >= 0.6 is 15.9 Å². The number of halogens is 1. The van der Waals surface area contributed by atoms with Gasteiger partial charge in [0.15, 0.2) is 0 Å². The van der Waals surface area contributed by atoms with Gasteiger partial charge in [-0.05, 0) is 19.1 Å². The fourth-order valence-corrected chi connectivity index (χ4v) is 2.11. The summed E-state index contributed by atoms with van der Waals surface area (Å²) in [6.07, 6.45) is 0. The Labute approximate surface area is 116 Å². The maximum absolute atomic E-state index is 11.7. The highest BCUT2D eigenvalue weighted by atomic mass is 79.9. The molecule has 5 nitrogen and oxygen atoms in total. The summed E-state index contributed by atoms with van der Waals surface area (Å²) in [4.78, 5) is 15.8. The summed E-state index contributed by atoms with van der Waals surface area (Å²) in [5.41, 5.74) is 1.04. The van der Waals surface area contributed by atoms with E-state index in [4.69, 9.17) is 7.48 Å². The zero-order valence-corrected chi connectivity index (χ0v) is 11.7. The number of hydrogen-bond acceptors (Lipinski definition) is 4. The van der Waals surface area contributed by atoms with Gasteiger partial charge < -0.3 is 14.0 Å². The molecule has 0 saturated heterocycles. The van der Waals surface area contributed by atoms with Crippen molar-refractivity contribution >= 4 is 32.9 Å². The van der Waals surface area contributed by atoms with Gasteiger partial charge in [-0.3, -0.25) is 0 Å². The Kier molecular flexibility index (Phi) is 2.87. The lowest BCUT2D eigenvalue weighted by molar-refractivity contribution is 0.0583. The summed E-state index contributed by atoms with van der Waals surface area (Å²) >= 11 is 3.33. The van der Waals surface area contributed by atoms with Crippen LogP contribution in [0.3, 0.4) is 0 Å². The molecule has 1 heterocycles. The first kappa shape index (κ1) is 10.4. The van der Waals surface area contributed by atoms with E-state index in [-0.39, 0.29) is 11.6 Å². The Morgan fingerprint density at radius 2 is 2.33 bits per heavy atom. The second-order valence-electron chi connectivity index (χ2n) is 3.56. The molecule has 0 N–H and O–H groups in total. The molecule has 6 heteroatoms. The number of carbonyl (C=O) groups is 1. The fourth-order valence-electron chi connectivity index (χ4n) is 1.69. The smallest absolute Gasteiger partial charge is 0.374 e. The zero-order chi connectivity index (χ0) is 15.1. The maximum atomic E-state index is 11.7. The molecule has 0 fully saturated rings. The van der Waals surface area contributed by atoms with Gasteiger partial charge in [-0.25, -0.2) is 9.78 Å². The van der Waals surface area contributed by atoms with Crippen LogP contribution < -0.4 is 4.74 Å². The molecule has 1 aromatic heterocycles. The largest absolute Gasteiger partial charge is 0.491 e. The topological polar surface area (TPSA) is 53.4 Å². The third-order valence-electron chi connectivity index (χ3n) is 2.50. The van der Waals surface area contributed by atoms with Crippen molar-refractivity contribution in [2.24, 2.45) is 7.05 Å². The van der Waals surface area contributed by atoms with E-state index in [0.717, 1.165) is 0 Å². The van der Waals surface area contributed by atoms with Gasteiger partial charge in [0, 0.05) is 11.5 Å². The number of rotatable bonds is 3. The molecule has 0 unspecified atom stereocenters. The van der Waals surface area contributed by atoms with Gasteiger partial charge in [0.25, 0.3) is 0 Å². The highest BCUT2D eigenvalue weighted by molar-refractivity contribution is 9.10. The molecule has 0 radical (unpaired) electrons. The van der Waals surface area contributed by atoms with Crippen LogP contribution in [0.2, 0.25) is 0 Å². The van der Waals surface area contributed by atoms with Gasteiger partial charge in [0.2, 0.25) is 5.82 Å². The van der Waals surface area contributed by atoms with Crippen molar-refractivity contribution < 1.29 is 17.0 Å². The van der Waals surface area contributed by atoms with E-state index in [0.29, 0.717) is 15.5 Å². The molecule has 0 aliphatic carbocycles. The van der Waals surface area contributed by atoms with Crippen LogP contribution in [-0.4, -0.2) is 29.2 Å². The molecule has 0 saturated carbocycles. The van der Waals surface area contributed by atoms with Crippen molar-refractivity contribution in [1.29, 1.82) is 0 Å². The Balaban J connectivity index is 2.67. The second-order valence-corrected chi connectivity index (χ2v) is 4.48. The average molecular weight is 315 g/mol. The summed E-state index contributed by atoms with van der Waals surface area (Å²) in [6.45, 7) is -0.555. The summed E-state index contributed by atoms with van der Waals surface area (Å²) in [7, 11) is 2.96. The third kappa shape index (κ3) is 2.08. The van der Waals surface area contributed by atoms with Gasteiger partial charge in [-0.1, -0.05) is 15.9 Å². The quantitative estimate of drug-likeness (QED) is 0.817. The Morgan fingerprint density at radius 1 is 1.61 bits per heavy atom. The maximum Gasteiger partial charge on any atom is 0.374 e. The molecule has 0 bridgehead atoms. The minimum atomic E-state index is -1.85. The first-order chi connectivity index (χ1) is 9.23. The van der Waals surface area contributed by atoms with Crippen molar-refractivity contribution in [1.82, 2.24) is 9.55 Å². The molecule has 0 atom stereocenters. The number of aromatic nitrogens is 2. The molecule has 1 aromatic carbocycles. The number of methoxy groups -OCH3 is 1. The third-order valence-corrected chi connectivity index (χ3v) is 2.95. The van der Waals surface area contributed by atoms with E-state index in [9.17, 15) is 4.79 Å². The van der Waals surface area contributed by atoms with Crippen LogP contribution in [-0.2, 0) is 11.8 Å². The van der Waals surface area contributed by atoms with Crippen molar-refractivity contribution in [2.75, 3.05) is 13.7 Å². The van der Waals surface area contributed by atoms with Crippen molar-refractivity contribution in [2.45, 2.75) is 6.92 Å². The van der Waals surface area contributed by atoms with E-state index < -0.39 is 12.5 Å². The van der Waals surface area contributed by atoms with Crippen LogP contribution in [0.5, 0.6) is 5.75 Å². The predicted molar refractivity (Wildman–Crippen MR) is 70.9 cm³/mol. The molecule has 96 valence electrons. The highest BCUT2D eigenvalue weighted by Crippen LogP contribution is 2.30. The van der Waals surface area contributed by atoms with Crippen molar-refractivity contribution in [3.05, 3.63) is 22.4 Å². The van der Waals surface area contributed by atoms with Gasteiger partial charge in [-0.15, -0.1) is 0 Å². The lowest BCUT2D eigenvalue weighted by Crippen LogP contribution is -2.08. The van der Waals surface area contributed by atoms with E-state index in [1.54, 1.807) is 23.7 Å². The lowest BCUT2D eigenvalue weighted by atomic mass is 10.3. The van der Waals surface area contributed by atoms with Crippen LogP contribution in [0.15, 0.2) is 16.6 Å². The van der Waals surface area contributed by atoms with Crippen molar-refractivity contribution in [3.8, 4) is 5.75 Å². The standard InChI is InChI=1S/C12H13BrN2O3/c1-4-18-9-6-7(13)5-8-10(9)14-11(15(8)2)12(16)17-3/h5-6H,4H2,1-3H3/i4D2. The summed E-state index contributed by atoms with van der Waals surface area (Å²) in [5, 5.41) is 0. The molecular weight excluding hydrogens is 300 g/mol. The predicted octanol–water partition coefficient (Wildman–Crippen LogP) is 2.52. The number of imidazole rings is 1. The van der Waals surface area contributed by atoms with Gasteiger partial charge in [-0.2, -0.15) is 0 Å². The minimum Gasteiger partial charge on any atom is -0.491 e. The molecule has 2 aromatic rings. The van der Waals surface area contributed by atoms with Gasteiger partial charge in [0.05, 0.1) is 21.9 Å². The number of esters is 1. The van der Waals surface area contributed by atoms with E-state index in [1.165, 1.54) is 14.0 Å². The number of nitrogens with zero attached hydrogens (tertiary/aromatic N) is 2. The van der Waals surface area contributed by atoms with Gasteiger partial charge in [0.1, 0.15) is 11.3 Å². The number of benzene rings is 1. The number of carbonyl (C=O) groups excluding carboxylic acids is 1. The van der Waals surface area contributed by atoms with Crippen LogP contribution in [0, 0.1) is 0 Å². The molecular formula is C12H13BrN2O3. The Morgan fingerprint density at radius 3 is 2.94 bits per heavy atom. The zero-order valence-electron chi connectivity index (χ0n) is 12.2. The van der Waals surface area contributed by atoms with Crippen molar-refractivity contribution in [3.63, 3.8) is 0 Å². The normalized spacial score (nSPS) is 13.1. The first-order valence-electron chi connectivity index (χ1n) is 6.16. The minimum absolute atomic E-state index is 0.127. The number of ether oxygens (including phenoxy) is 2. The Hall–Kier alpha value is -1.56. The summed E-state index contributed by atoms with van der Waals surface area (Å²) < 4.78 is 27.2.